The van der Waals surface area contributed by atoms with Gasteiger partial charge in [-0.3, -0.25) is 0 Å². The van der Waals surface area contributed by atoms with Gasteiger partial charge in [0.1, 0.15) is 5.54 Å². The van der Waals surface area contributed by atoms with Gasteiger partial charge < -0.3 is 10.8 Å². The van der Waals surface area contributed by atoms with Gasteiger partial charge in [-0.15, -0.1) is 0 Å². The fourth-order valence-electron chi connectivity index (χ4n) is 0.829. The number of carboxylic acid groups (broad SMARTS) is 1. The van der Waals surface area contributed by atoms with Crippen molar-refractivity contribution in [3.05, 3.63) is 29.6 Å². The van der Waals surface area contributed by atoms with E-state index in [4.69, 9.17) is 10.8 Å². The SMILES string of the molecule is C[C@@](N)(C(=O)O)c1cnc(F)c(F)c1. The maximum absolute atomic E-state index is 12.7. The second kappa shape index (κ2) is 3.30. The van der Waals surface area contributed by atoms with Crippen LogP contribution in [-0.2, 0) is 10.3 Å². The van der Waals surface area contributed by atoms with Gasteiger partial charge >= 0.3 is 5.97 Å². The van der Waals surface area contributed by atoms with Crippen LogP contribution in [-0.4, -0.2) is 16.1 Å². The van der Waals surface area contributed by atoms with Gasteiger partial charge in [-0.2, -0.15) is 4.39 Å². The Kier molecular flexibility index (Phi) is 2.48. The molecule has 0 spiro atoms. The van der Waals surface area contributed by atoms with E-state index in [-0.39, 0.29) is 5.56 Å². The third-order valence-electron chi connectivity index (χ3n) is 1.84. The van der Waals surface area contributed by atoms with Crippen molar-refractivity contribution in [3.8, 4) is 0 Å². The molecule has 0 aromatic carbocycles. The molecule has 0 aliphatic carbocycles. The third-order valence-corrected chi connectivity index (χ3v) is 1.84. The van der Waals surface area contributed by atoms with Crippen molar-refractivity contribution >= 4 is 5.97 Å². The summed E-state index contributed by atoms with van der Waals surface area (Å²) in [6.45, 7) is 1.17. The minimum atomic E-state index is -1.78. The summed E-state index contributed by atoms with van der Waals surface area (Å²) >= 11 is 0. The predicted octanol–water partition coefficient (Wildman–Crippen LogP) is 0.618. The van der Waals surface area contributed by atoms with Crippen LogP contribution in [0.5, 0.6) is 0 Å². The summed E-state index contributed by atoms with van der Waals surface area (Å²) in [6.07, 6.45) is 0.895. The lowest BCUT2D eigenvalue weighted by atomic mass is 9.95. The number of carbonyl (C=O) groups is 1. The zero-order valence-electron chi connectivity index (χ0n) is 7.29. The fourth-order valence-corrected chi connectivity index (χ4v) is 0.829. The molecule has 1 aromatic rings. The highest BCUT2D eigenvalue weighted by Gasteiger charge is 2.31. The van der Waals surface area contributed by atoms with Crippen molar-refractivity contribution in [1.29, 1.82) is 0 Å². The van der Waals surface area contributed by atoms with Gasteiger partial charge in [-0.25, -0.2) is 14.2 Å². The Hall–Kier alpha value is -1.56. The number of halogens is 2. The summed E-state index contributed by atoms with van der Waals surface area (Å²) in [5.41, 5.74) is 3.50. The van der Waals surface area contributed by atoms with Gasteiger partial charge in [-0.1, -0.05) is 0 Å². The van der Waals surface area contributed by atoms with Crippen molar-refractivity contribution < 1.29 is 18.7 Å². The lowest BCUT2D eigenvalue weighted by molar-refractivity contribution is -0.143. The first-order valence-electron chi connectivity index (χ1n) is 3.69. The molecule has 0 bridgehead atoms. The molecule has 1 rings (SSSR count). The highest BCUT2D eigenvalue weighted by molar-refractivity contribution is 5.79. The molecule has 76 valence electrons. The van der Waals surface area contributed by atoms with Crippen LogP contribution >= 0.6 is 0 Å². The Morgan fingerprint density at radius 2 is 2.21 bits per heavy atom. The number of carboxylic acids is 1. The molecule has 0 fully saturated rings. The molecule has 1 atom stereocenters. The zero-order valence-corrected chi connectivity index (χ0v) is 7.29. The van der Waals surface area contributed by atoms with E-state index in [0.29, 0.717) is 0 Å². The molecule has 1 aromatic heterocycles. The average Bonchev–Trinajstić information content (AvgIpc) is 2.09. The van der Waals surface area contributed by atoms with Crippen LogP contribution in [0, 0.1) is 11.8 Å². The van der Waals surface area contributed by atoms with E-state index in [0.717, 1.165) is 12.3 Å². The van der Waals surface area contributed by atoms with E-state index in [1.54, 1.807) is 0 Å². The number of rotatable bonds is 2. The molecule has 0 saturated carbocycles. The number of aromatic nitrogens is 1. The molecule has 4 nitrogen and oxygen atoms in total. The van der Waals surface area contributed by atoms with E-state index in [1.165, 1.54) is 6.92 Å². The number of nitrogens with two attached hydrogens (primary N) is 1. The Morgan fingerprint density at radius 1 is 1.64 bits per heavy atom. The molecule has 6 heteroatoms. The van der Waals surface area contributed by atoms with Gasteiger partial charge in [0.2, 0.25) is 5.95 Å². The van der Waals surface area contributed by atoms with Gasteiger partial charge in [0.25, 0.3) is 0 Å². The Morgan fingerprint density at radius 3 is 2.64 bits per heavy atom. The monoisotopic (exact) mass is 202 g/mol. The highest BCUT2D eigenvalue weighted by atomic mass is 19.2. The van der Waals surface area contributed by atoms with E-state index in [2.05, 4.69) is 4.98 Å². The molecule has 0 aliphatic rings. The molecule has 3 N–H and O–H groups in total. The first kappa shape index (κ1) is 10.5. The molecule has 0 saturated heterocycles. The summed E-state index contributed by atoms with van der Waals surface area (Å²) in [4.78, 5) is 13.7. The minimum absolute atomic E-state index is 0.0936. The van der Waals surface area contributed by atoms with Gasteiger partial charge in [-0.05, 0) is 13.0 Å². The summed E-state index contributed by atoms with van der Waals surface area (Å²) in [6, 6.07) is 0.719. The number of hydrogen-bond acceptors (Lipinski definition) is 3. The Bertz CT molecular complexity index is 380. The summed E-state index contributed by atoms with van der Waals surface area (Å²) in [5, 5.41) is 8.69. The largest absolute Gasteiger partial charge is 0.480 e. The maximum Gasteiger partial charge on any atom is 0.328 e. The van der Waals surface area contributed by atoms with Crippen molar-refractivity contribution in [2.75, 3.05) is 0 Å². The summed E-state index contributed by atoms with van der Waals surface area (Å²) in [7, 11) is 0. The Balaban J connectivity index is 3.21. The number of pyridine rings is 1. The third kappa shape index (κ3) is 1.69. The van der Waals surface area contributed by atoms with Crippen molar-refractivity contribution in [2.24, 2.45) is 5.73 Å². The molecule has 0 amide bonds. The average molecular weight is 202 g/mol. The van der Waals surface area contributed by atoms with Crippen molar-refractivity contribution in [3.63, 3.8) is 0 Å². The summed E-state index contributed by atoms with van der Waals surface area (Å²) < 4.78 is 25.1. The van der Waals surface area contributed by atoms with Crippen LogP contribution in [0.4, 0.5) is 8.78 Å². The van der Waals surface area contributed by atoms with Crippen LogP contribution in [0.2, 0.25) is 0 Å². The standard InChI is InChI=1S/C8H8F2N2O2/c1-8(11,7(13)14)4-2-5(9)6(10)12-3-4/h2-3H,11H2,1H3,(H,13,14)/t8-/m0/s1. The number of aliphatic carboxylic acids is 1. The second-order valence-corrected chi connectivity index (χ2v) is 3.00. The van der Waals surface area contributed by atoms with Crippen molar-refractivity contribution in [1.82, 2.24) is 4.98 Å². The molecule has 0 radical (unpaired) electrons. The van der Waals surface area contributed by atoms with Gasteiger partial charge in [0.05, 0.1) is 0 Å². The van der Waals surface area contributed by atoms with Crippen LogP contribution in [0.1, 0.15) is 12.5 Å². The molecular weight excluding hydrogens is 194 g/mol. The topological polar surface area (TPSA) is 76.2 Å². The molecule has 14 heavy (non-hydrogen) atoms. The van der Waals surface area contributed by atoms with Gasteiger partial charge in [0.15, 0.2) is 5.82 Å². The highest BCUT2D eigenvalue weighted by Crippen LogP contribution is 2.18. The van der Waals surface area contributed by atoms with E-state index < -0.39 is 23.3 Å². The predicted molar refractivity (Wildman–Crippen MR) is 43.3 cm³/mol. The van der Waals surface area contributed by atoms with Gasteiger partial charge in [0, 0.05) is 11.8 Å². The van der Waals surface area contributed by atoms with Crippen molar-refractivity contribution in [2.45, 2.75) is 12.5 Å². The van der Waals surface area contributed by atoms with Crippen LogP contribution in [0.25, 0.3) is 0 Å². The number of nitrogens with zero attached hydrogens (tertiary/aromatic N) is 1. The van der Waals surface area contributed by atoms with E-state index >= 15 is 0 Å². The Labute approximate surface area is 78.4 Å². The summed E-state index contributed by atoms with van der Waals surface area (Å²) in [5.74, 6) is -3.85. The second-order valence-electron chi connectivity index (χ2n) is 3.00. The van der Waals surface area contributed by atoms with Crippen LogP contribution in [0.15, 0.2) is 12.3 Å². The molecule has 1 heterocycles. The number of hydrogen-bond donors (Lipinski definition) is 2. The lowest BCUT2D eigenvalue weighted by Gasteiger charge is -2.18. The smallest absolute Gasteiger partial charge is 0.328 e. The minimum Gasteiger partial charge on any atom is -0.480 e. The quantitative estimate of drug-likeness (QED) is 0.689. The fraction of sp³-hybridized carbons (Fsp3) is 0.250. The normalized spacial score (nSPS) is 14.9. The lowest BCUT2D eigenvalue weighted by Crippen LogP contribution is -2.41. The molecular formula is C8H8F2N2O2. The molecule has 0 unspecified atom stereocenters. The van der Waals surface area contributed by atoms with E-state index in [1.807, 2.05) is 0 Å². The maximum atomic E-state index is 12.7. The van der Waals surface area contributed by atoms with Crippen LogP contribution < -0.4 is 5.73 Å². The first-order valence-corrected chi connectivity index (χ1v) is 3.69. The van der Waals surface area contributed by atoms with E-state index in [9.17, 15) is 13.6 Å². The molecule has 0 aliphatic heterocycles. The van der Waals surface area contributed by atoms with Crippen LogP contribution in [0.3, 0.4) is 0 Å². The first-order chi connectivity index (χ1) is 6.35. The zero-order chi connectivity index (χ0) is 10.9.